The van der Waals surface area contributed by atoms with Gasteiger partial charge in [0.1, 0.15) is 11.8 Å². The first-order valence-corrected chi connectivity index (χ1v) is 7.09. The molecule has 0 bridgehead atoms. The maximum Gasteiger partial charge on any atom is 0.120 e. The highest BCUT2D eigenvalue weighted by Crippen LogP contribution is 2.31. The van der Waals surface area contributed by atoms with E-state index in [9.17, 15) is 5.26 Å². The molecule has 108 valence electrons. The van der Waals surface area contributed by atoms with Gasteiger partial charge in [-0.1, -0.05) is 18.2 Å². The van der Waals surface area contributed by atoms with Crippen molar-refractivity contribution >= 4 is 22.3 Å². The summed E-state index contributed by atoms with van der Waals surface area (Å²) in [6, 6.07) is 17.7. The number of benzene rings is 2. The molecule has 1 N–H and O–H groups in total. The van der Waals surface area contributed by atoms with Crippen molar-refractivity contribution in [2.24, 2.45) is 0 Å². The van der Waals surface area contributed by atoms with Crippen molar-refractivity contribution in [2.75, 3.05) is 11.9 Å². The molecule has 2 aromatic carbocycles. The summed E-state index contributed by atoms with van der Waals surface area (Å²) in [4.78, 5) is 4.34. The molecule has 0 saturated heterocycles. The van der Waals surface area contributed by atoms with E-state index in [4.69, 9.17) is 4.74 Å². The zero-order valence-electron chi connectivity index (χ0n) is 12.2. The lowest BCUT2D eigenvalue weighted by Gasteiger charge is -2.12. The van der Waals surface area contributed by atoms with Gasteiger partial charge in [0, 0.05) is 17.3 Å². The normalized spacial score (nSPS) is 10.2. The fourth-order valence-corrected chi connectivity index (χ4v) is 2.31. The number of fused-ring (bicyclic) bond motifs is 1. The lowest BCUT2D eigenvalue weighted by Crippen LogP contribution is -1.98. The molecule has 1 heterocycles. The summed E-state index contributed by atoms with van der Waals surface area (Å²) in [6.07, 6.45) is 1.59. The highest BCUT2D eigenvalue weighted by molar-refractivity contribution is 5.96. The highest BCUT2D eigenvalue weighted by atomic mass is 16.5. The molecule has 4 nitrogen and oxygen atoms in total. The fourth-order valence-electron chi connectivity index (χ4n) is 2.31. The second kappa shape index (κ2) is 6.15. The Morgan fingerprint density at radius 3 is 2.73 bits per heavy atom. The number of ether oxygens (including phenoxy) is 1. The van der Waals surface area contributed by atoms with Crippen LogP contribution in [-0.2, 0) is 0 Å². The standard InChI is InChI=1S/C18H15N3O/c1-2-22-15-8-9-17-16(10-15)18(13(11-19)12-20-17)21-14-6-4-3-5-7-14/h3-10,12H,2H2,1H3,(H,20,21). The summed E-state index contributed by atoms with van der Waals surface area (Å²) in [6.45, 7) is 2.54. The minimum absolute atomic E-state index is 0.505. The van der Waals surface area contributed by atoms with Gasteiger partial charge in [0.25, 0.3) is 0 Å². The van der Waals surface area contributed by atoms with Crippen LogP contribution in [0.25, 0.3) is 10.9 Å². The van der Waals surface area contributed by atoms with Gasteiger partial charge in [-0.05, 0) is 37.3 Å². The third kappa shape index (κ3) is 2.70. The molecule has 3 aromatic rings. The molecule has 0 saturated carbocycles. The van der Waals surface area contributed by atoms with Crippen molar-refractivity contribution in [3.63, 3.8) is 0 Å². The van der Waals surface area contributed by atoms with Crippen LogP contribution >= 0.6 is 0 Å². The predicted octanol–water partition coefficient (Wildman–Crippen LogP) is 4.25. The fraction of sp³-hybridized carbons (Fsp3) is 0.111. The summed E-state index contributed by atoms with van der Waals surface area (Å²) >= 11 is 0. The summed E-state index contributed by atoms with van der Waals surface area (Å²) in [5.41, 5.74) is 3.00. The maximum atomic E-state index is 9.37. The quantitative estimate of drug-likeness (QED) is 0.780. The van der Waals surface area contributed by atoms with E-state index in [1.807, 2.05) is 55.5 Å². The molecule has 1 aromatic heterocycles. The topological polar surface area (TPSA) is 57.9 Å². The van der Waals surface area contributed by atoms with Crippen LogP contribution in [0, 0.1) is 11.3 Å². The Balaban J connectivity index is 2.16. The Morgan fingerprint density at radius 2 is 2.00 bits per heavy atom. The number of para-hydroxylation sites is 1. The number of anilines is 2. The smallest absolute Gasteiger partial charge is 0.120 e. The van der Waals surface area contributed by atoms with Gasteiger partial charge in [0.15, 0.2) is 0 Å². The molecule has 4 heteroatoms. The first-order valence-electron chi connectivity index (χ1n) is 7.09. The third-order valence-corrected chi connectivity index (χ3v) is 3.31. The molecule has 22 heavy (non-hydrogen) atoms. The van der Waals surface area contributed by atoms with E-state index >= 15 is 0 Å². The zero-order valence-corrected chi connectivity index (χ0v) is 12.2. The Morgan fingerprint density at radius 1 is 1.18 bits per heavy atom. The van der Waals surface area contributed by atoms with E-state index in [2.05, 4.69) is 16.4 Å². The molecule has 0 aliphatic heterocycles. The van der Waals surface area contributed by atoms with Crippen LogP contribution in [0.15, 0.2) is 54.7 Å². The molecule has 3 rings (SSSR count). The van der Waals surface area contributed by atoms with Crippen LogP contribution in [0.4, 0.5) is 11.4 Å². The maximum absolute atomic E-state index is 9.37. The third-order valence-electron chi connectivity index (χ3n) is 3.31. The molecular weight excluding hydrogens is 274 g/mol. The largest absolute Gasteiger partial charge is 0.494 e. The highest BCUT2D eigenvalue weighted by Gasteiger charge is 2.10. The van der Waals surface area contributed by atoms with Crippen LogP contribution in [0.3, 0.4) is 0 Å². The number of nitrogens with one attached hydrogen (secondary N) is 1. The molecule has 0 spiro atoms. The van der Waals surface area contributed by atoms with E-state index in [-0.39, 0.29) is 0 Å². The van der Waals surface area contributed by atoms with Crippen molar-refractivity contribution < 1.29 is 4.74 Å². The molecule has 0 fully saturated rings. The predicted molar refractivity (Wildman–Crippen MR) is 87.4 cm³/mol. The van der Waals surface area contributed by atoms with Crippen LogP contribution < -0.4 is 10.1 Å². The number of nitrogens with zero attached hydrogens (tertiary/aromatic N) is 2. The average molecular weight is 289 g/mol. The van der Waals surface area contributed by atoms with Crippen molar-refractivity contribution in [1.82, 2.24) is 4.98 Å². The number of hydrogen-bond acceptors (Lipinski definition) is 4. The van der Waals surface area contributed by atoms with Crippen molar-refractivity contribution in [1.29, 1.82) is 5.26 Å². The molecule has 0 radical (unpaired) electrons. The molecular formula is C18H15N3O. The van der Waals surface area contributed by atoms with Gasteiger partial charge in [-0.25, -0.2) is 0 Å². The van der Waals surface area contributed by atoms with Crippen LogP contribution in [0.1, 0.15) is 12.5 Å². The Labute approximate surface area is 129 Å². The van der Waals surface area contributed by atoms with Crippen molar-refractivity contribution in [3.8, 4) is 11.8 Å². The van der Waals surface area contributed by atoms with E-state index < -0.39 is 0 Å². The molecule has 0 unspecified atom stereocenters. The second-order valence-corrected chi connectivity index (χ2v) is 4.76. The molecule has 0 atom stereocenters. The average Bonchev–Trinajstić information content (AvgIpc) is 2.56. The van der Waals surface area contributed by atoms with Crippen LogP contribution in [0.2, 0.25) is 0 Å². The Kier molecular flexibility index (Phi) is 3.88. The first kappa shape index (κ1) is 13.9. The van der Waals surface area contributed by atoms with Gasteiger partial charge in [-0.2, -0.15) is 5.26 Å². The van der Waals surface area contributed by atoms with Gasteiger partial charge < -0.3 is 10.1 Å². The monoisotopic (exact) mass is 289 g/mol. The van der Waals surface area contributed by atoms with Crippen molar-refractivity contribution in [2.45, 2.75) is 6.92 Å². The minimum Gasteiger partial charge on any atom is -0.494 e. The first-order chi connectivity index (χ1) is 10.8. The summed E-state index contributed by atoms with van der Waals surface area (Å²) < 4.78 is 5.55. The SMILES string of the molecule is CCOc1ccc2ncc(C#N)c(Nc3ccccc3)c2c1. The summed E-state index contributed by atoms with van der Waals surface area (Å²) in [5, 5.41) is 13.6. The van der Waals surface area contributed by atoms with E-state index in [0.29, 0.717) is 12.2 Å². The Bertz CT molecular complexity index is 838. The molecule has 0 aliphatic carbocycles. The number of nitriles is 1. The van der Waals surface area contributed by atoms with Gasteiger partial charge >= 0.3 is 0 Å². The molecule has 0 aliphatic rings. The molecule has 0 amide bonds. The van der Waals surface area contributed by atoms with Gasteiger partial charge in [0.05, 0.1) is 23.4 Å². The van der Waals surface area contributed by atoms with E-state index in [0.717, 1.165) is 28.0 Å². The van der Waals surface area contributed by atoms with Crippen LogP contribution in [0.5, 0.6) is 5.75 Å². The van der Waals surface area contributed by atoms with Gasteiger partial charge in [-0.15, -0.1) is 0 Å². The zero-order chi connectivity index (χ0) is 15.4. The lowest BCUT2D eigenvalue weighted by molar-refractivity contribution is 0.340. The number of hydrogen-bond donors (Lipinski definition) is 1. The van der Waals surface area contributed by atoms with Gasteiger partial charge in [0.2, 0.25) is 0 Å². The van der Waals surface area contributed by atoms with E-state index in [1.165, 1.54) is 0 Å². The van der Waals surface area contributed by atoms with Gasteiger partial charge in [-0.3, -0.25) is 4.98 Å². The summed E-state index contributed by atoms with van der Waals surface area (Å²) in [7, 11) is 0. The second-order valence-electron chi connectivity index (χ2n) is 4.76. The minimum atomic E-state index is 0.505. The van der Waals surface area contributed by atoms with Crippen LogP contribution in [-0.4, -0.2) is 11.6 Å². The lowest BCUT2D eigenvalue weighted by atomic mass is 10.1. The van der Waals surface area contributed by atoms with Crippen molar-refractivity contribution in [3.05, 3.63) is 60.3 Å². The Hall–Kier alpha value is -3.06. The number of rotatable bonds is 4. The number of pyridine rings is 1. The number of aromatic nitrogens is 1. The van der Waals surface area contributed by atoms with E-state index in [1.54, 1.807) is 6.20 Å². The summed E-state index contributed by atoms with van der Waals surface area (Å²) in [5.74, 6) is 0.767.